The fourth-order valence-electron chi connectivity index (χ4n) is 2.66. The van der Waals surface area contributed by atoms with E-state index >= 15 is 0 Å². The summed E-state index contributed by atoms with van der Waals surface area (Å²) in [5.41, 5.74) is 3.46. The minimum absolute atomic E-state index is 0.293. The number of hydrogen-bond acceptors (Lipinski definition) is 7. The Bertz CT molecular complexity index is 1170. The zero-order valence-corrected chi connectivity index (χ0v) is 17.9. The molecule has 2 N–H and O–H groups in total. The summed E-state index contributed by atoms with van der Waals surface area (Å²) < 4.78 is 15.5. The van der Waals surface area contributed by atoms with Crippen LogP contribution < -0.4 is 25.0 Å². The van der Waals surface area contributed by atoms with Crippen LogP contribution >= 0.6 is 0 Å². The molecule has 0 saturated carbocycles. The van der Waals surface area contributed by atoms with Crippen LogP contribution in [0, 0.1) is 0 Å². The Morgan fingerprint density at radius 1 is 0.788 bits per heavy atom. The lowest BCUT2D eigenvalue weighted by molar-refractivity contribution is -0.136. The number of amides is 2. The molecule has 0 aromatic heterocycles. The summed E-state index contributed by atoms with van der Waals surface area (Å²) in [6.07, 6.45) is 1.32. The summed E-state index contributed by atoms with van der Waals surface area (Å²) in [4.78, 5) is 36.3. The number of carbonyl (C=O) groups is 3. The first-order chi connectivity index (χ1) is 16.0. The first kappa shape index (κ1) is 23.0. The van der Waals surface area contributed by atoms with Crippen LogP contribution in [0.15, 0.2) is 77.9 Å². The van der Waals surface area contributed by atoms with Crippen molar-refractivity contribution in [1.82, 2.24) is 5.43 Å². The summed E-state index contributed by atoms with van der Waals surface area (Å²) in [6.45, 7) is 0. The normalized spacial score (nSPS) is 10.4. The fourth-order valence-corrected chi connectivity index (χ4v) is 2.66. The molecular weight excluding hydrogens is 426 g/mol. The average molecular weight is 447 g/mol. The first-order valence-corrected chi connectivity index (χ1v) is 9.73. The molecular formula is C24H21N3O6. The number of esters is 1. The second-order valence-electron chi connectivity index (χ2n) is 6.58. The van der Waals surface area contributed by atoms with Crippen LogP contribution in [0.1, 0.15) is 15.9 Å². The summed E-state index contributed by atoms with van der Waals surface area (Å²) in [7, 11) is 3.04. The molecule has 0 spiro atoms. The van der Waals surface area contributed by atoms with Crippen molar-refractivity contribution >= 4 is 29.7 Å². The van der Waals surface area contributed by atoms with Crippen molar-refractivity contribution in [2.75, 3.05) is 19.5 Å². The average Bonchev–Trinajstić information content (AvgIpc) is 2.84. The molecule has 168 valence electrons. The van der Waals surface area contributed by atoms with Gasteiger partial charge in [-0.05, 0) is 54.1 Å². The van der Waals surface area contributed by atoms with Gasteiger partial charge < -0.3 is 19.5 Å². The van der Waals surface area contributed by atoms with Crippen LogP contribution in [0.2, 0.25) is 0 Å². The number of nitrogens with one attached hydrogen (secondary N) is 2. The van der Waals surface area contributed by atoms with Crippen molar-refractivity contribution in [3.05, 3.63) is 83.9 Å². The van der Waals surface area contributed by atoms with E-state index in [0.29, 0.717) is 34.1 Å². The van der Waals surface area contributed by atoms with Crippen molar-refractivity contribution in [3.63, 3.8) is 0 Å². The number of hydrazone groups is 1. The maximum Gasteiger partial charge on any atom is 0.343 e. The van der Waals surface area contributed by atoms with Crippen LogP contribution in [0.25, 0.3) is 0 Å². The minimum Gasteiger partial charge on any atom is -0.497 e. The van der Waals surface area contributed by atoms with Crippen molar-refractivity contribution in [1.29, 1.82) is 0 Å². The smallest absolute Gasteiger partial charge is 0.343 e. The molecule has 0 atom stereocenters. The van der Waals surface area contributed by atoms with Gasteiger partial charge in [-0.1, -0.05) is 18.2 Å². The van der Waals surface area contributed by atoms with E-state index < -0.39 is 17.8 Å². The van der Waals surface area contributed by atoms with E-state index in [1.54, 1.807) is 72.8 Å². The van der Waals surface area contributed by atoms with Crippen LogP contribution in [-0.2, 0) is 9.59 Å². The van der Waals surface area contributed by atoms with Crippen molar-refractivity contribution in [2.45, 2.75) is 0 Å². The van der Waals surface area contributed by atoms with E-state index in [1.807, 2.05) is 0 Å². The number of hydrogen-bond donors (Lipinski definition) is 2. The van der Waals surface area contributed by atoms with Crippen molar-refractivity contribution in [2.24, 2.45) is 5.10 Å². The maximum absolute atomic E-state index is 12.3. The maximum atomic E-state index is 12.3. The largest absolute Gasteiger partial charge is 0.497 e. The van der Waals surface area contributed by atoms with E-state index in [2.05, 4.69) is 15.8 Å². The number of benzene rings is 3. The van der Waals surface area contributed by atoms with Gasteiger partial charge in [0.25, 0.3) is 0 Å². The topological polar surface area (TPSA) is 115 Å². The number of rotatable bonds is 7. The molecule has 3 rings (SSSR count). The Hall–Kier alpha value is -4.66. The van der Waals surface area contributed by atoms with Crippen molar-refractivity contribution < 1.29 is 28.6 Å². The van der Waals surface area contributed by atoms with Gasteiger partial charge in [-0.2, -0.15) is 5.10 Å². The lowest BCUT2D eigenvalue weighted by Gasteiger charge is -2.06. The van der Waals surface area contributed by atoms with Gasteiger partial charge in [0.2, 0.25) is 0 Å². The highest BCUT2D eigenvalue weighted by Crippen LogP contribution is 2.17. The zero-order chi connectivity index (χ0) is 23.6. The van der Waals surface area contributed by atoms with E-state index in [9.17, 15) is 14.4 Å². The fraction of sp³-hybridized carbons (Fsp3) is 0.0833. The molecule has 0 fully saturated rings. The van der Waals surface area contributed by atoms with Gasteiger partial charge in [0.15, 0.2) is 0 Å². The monoisotopic (exact) mass is 447 g/mol. The molecule has 0 bridgehead atoms. The lowest BCUT2D eigenvalue weighted by Crippen LogP contribution is -2.32. The molecule has 3 aromatic rings. The van der Waals surface area contributed by atoms with Gasteiger partial charge in [0, 0.05) is 11.8 Å². The standard InChI is InChI=1S/C24H21N3O6/c1-31-19-11-9-17(10-12-19)24(30)33-21-8-3-5-16(13-21)15-25-27-23(29)22(28)26-18-6-4-7-20(14-18)32-2/h3-15H,1-2H3,(H,26,28)(H,27,29)/b25-15-. The summed E-state index contributed by atoms with van der Waals surface area (Å²) in [5.74, 6) is -0.905. The third-order valence-electron chi connectivity index (χ3n) is 4.31. The van der Waals surface area contributed by atoms with E-state index in [0.717, 1.165) is 0 Å². The van der Waals surface area contributed by atoms with E-state index in [1.165, 1.54) is 20.4 Å². The third-order valence-corrected chi connectivity index (χ3v) is 4.31. The summed E-state index contributed by atoms with van der Waals surface area (Å²) in [6, 6.07) is 19.6. The summed E-state index contributed by atoms with van der Waals surface area (Å²) in [5, 5.41) is 6.22. The van der Waals surface area contributed by atoms with Gasteiger partial charge in [-0.3, -0.25) is 9.59 Å². The Labute approximate surface area is 190 Å². The van der Waals surface area contributed by atoms with Gasteiger partial charge in [0.1, 0.15) is 17.2 Å². The molecule has 2 amide bonds. The van der Waals surface area contributed by atoms with Gasteiger partial charge >= 0.3 is 17.8 Å². The molecule has 9 heteroatoms. The molecule has 0 saturated heterocycles. The Morgan fingerprint density at radius 2 is 1.48 bits per heavy atom. The lowest BCUT2D eigenvalue weighted by atomic mass is 10.2. The van der Waals surface area contributed by atoms with Gasteiger partial charge in [0.05, 0.1) is 26.0 Å². The Kier molecular flexibility index (Phi) is 7.74. The number of nitrogens with zero attached hydrogens (tertiary/aromatic N) is 1. The highest BCUT2D eigenvalue weighted by molar-refractivity contribution is 6.39. The number of methoxy groups -OCH3 is 2. The number of anilines is 1. The molecule has 0 unspecified atom stereocenters. The van der Waals surface area contributed by atoms with E-state index in [4.69, 9.17) is 14.2 Å². The molecule has 3 aromatic carbocycles. The second-order valence-corrected chi connectivity index (χ2v) is 6.58. The molecule has 33 heavy (non-hydrogen) atoms. The highest BCUT2D eigenvalue weighted by Gasteiger charge is 2.13. The SMILES string of the molecule is COc1ccc(C(=O)Oc2cccc(/C=N\NC(=O)C(=O)Nc3cccc(OC)c3)c2)cc1. The predicted octanol–water partition coefficient (Wildman–Crippen LogP) is 3.01. The number of carbonyl (C=O) groups excluding carboxylic acids is 3. The van der Waals surface area contributed by atoms with Crippen molar-refractivity contribution in [3.8, 4) is 17.2 Å². The second kappa shape index (κ2) is 11.1. The molecule has 9 nitrogen and oxygen atoms in total. The highest BCUT2D eigenvalue weighted by atomic mass is 16.5. The van der Waals surface area contributed by atoms with Crippen LogP contribution in [0.5, 0.6) is 17.2 Å². The molecule has 0 aliphatic carbocycles. The number of ether oxygens (including phenoxy) is 3. The minimum atomic E-state index is -0.948. The Balaban J connectivity index is 1.55. The van der Waals surface area contributed by atoms with E-state index in [-0.39, 0.29) is 0 Å². The molecule has 0 aliphatic heterocycles. The van der Waals surface area contributed by atoms with Crippen LogP contribution in [0.3, 0.4) is 0 Å². The first-order valence-electron chi connectivity index (χ1n) is 9.73. The third kappa shape index (κ3) is 6.66. The Morgan fingerprint density at radius 3 is 2.21 bits per heavy atom. The zero-order valence-electron chi connectivity index (χ0n) is 17.9. The molecule has 0 heterocycles. The quantitative estimate of drug-likeness (QED) is 0.189. The van der Waals surface area contributed by atoms with Crippen LogP contribution in [-0.4, -0.2) is 38.2 Å². The molecule has 0 radical (unpaired) electrons. The van der Waals surface area contributed by atoms with Crippen LogP contribution in [0.4, 0.5) is 5.69 Å². The van der Waals surface area contributed by atoms with Gasteiger partial charge in [-0.15, -0.1) is 0 Å². The summed E-state index contributed by atoms with van der Waals surface area (Å²) >= 11 is 0. The van der Waals surface area contributed by atoms with Gasteiger partial charge in [-0.25, -0.2) is 10.2 Å². The molecule has 0 aliphatic rings. The predicted molar refractivity (Wildman–Crippen MR) is 122 cm³/mol.